The summed E-state index contributed by atoms with van der Waals surface area (Å²) in [6.45, 7) is 2.24. The van der Waals surface area contributed by atoms with Gasteiger partial charge in [0.15, 0.2) is 5.82 Å². The summed E-state index contributed by atoms with van der Waals surface area (Å²) in [5.74, 6) is 0.310. The van der Waals surface area contributed by atoms with Crippen molar-refractivity contribution in [3.8, 4) is 0 Å². The Morgan fingerprint density at radius 1 is 1.38 bits per heavy atom. The fourth-order valence-corrected chi connectivity index (χ4v) is 1.22. The maximum Gasteiger partial charge on any atom is 0.251 e. The number of H-pyrrole nitrogens is 1. The molecule has 0 unspecified atom stereocenters. The second-order valence-corrected chi connectivity index (χ2v) is 3.38. The van der Waals surface area contributed by atoms with Crippen LogP contribution in [0.2, 0.25) is 0 Å². The molecule has 16 heavy (non-hydrogen) atoms. The van der Waals surface area contributed by atoms with E-state index in [0.29, 0.717) is 11.4 Å². The van der Waals surface area contributed by atoms with Gasteiger partial charge in [0.1, 0.15) is 0 Å². The normalized spacial score (nSPS) is 10.1. The minimum absolute atomic E-state index is 0.148. The number of hydrogen-bond acceptors (Lipinski definition) is 4. The van der Waals surface area contributed by atoms with Crippen LogP contribution in [-0.4, -0.2) is 26.5 Å². The number of carbonyl (C=O) groups excluding carboxylic acids is 1. The fraction of sp³-hybridized carbons (Fsp3) is 0.200. The van der Waals surface area contributed by atoms with Gasteiger partial charge in [0.2, 0.25) is 0 Å². The first-order valence-electron chi connectivity index (χ1n) is 4.83. The number of carbonyl (C=O) groups is 1. The molecule has 0 radical (unpaired) electrons. The second kappa shape index (κ2) is 4.52. The summed E-state index contributed by atoms with van der Waals surface area (Å²) in [4.78, 5) is 11.7. The SMILES string of the molecule is Cc1ccc(C(=O)NCc2nn[nH]n2)cc1. The number of tetrazole rings is 1. The first-order valence-corrected chi connectivity index (χ1v) is 4.83. The maximum atomic E-state index is 11.7. The highest BCUT2D eigenvalue weighted by Gasteiger charge is 2.05. The third-order valence-corrected chi connectivity index (χ3v) is 2.11. The number of amides is 1. The molecule has 1 heterocycles. The van der Waals surface area contributed by atoms with Crippen LogP contribution in [0.1, 0.15) is 21.7 Å². The topological polar surface area (TPSA) is 83.6 Å². The van der Waals surface area contributed by atoms with E-state index in [1.165, 1.54) is 0 Å². The van der Waals surface area contributed by atoms with Crippen molar-refractivity contribution in [2.75, 3.05) is 0 Å². The van der Waals surface area contributed by atoms with Gasteiger partial charge in [0, 0.05) is 5.56 Å². The van der Waals surface area contributed by atoms with Crippen molar-refractivity contribution in [2.45, 2.75) is 13.5 Å². The first kappa shape index (κ1) is 10.3. The molecule has 0 saturated carbocycles. The zero-order valence-corrected chi connectivity index (χ0v) is 8.77. The molecule has 0 aliphatic heterocycles. The Morgan fingerprint density at radius 2 is 2.12 bits per heavy atom. The van der Waals surface area contributed by atoms with Crippen LogP contribution >= 0.6 is 0 Å². The summed E-state index contributed by atoms with van der Waals surface area (Å²) in [6.07, 6.45) is 0. The lowest BCUT2D eigenvalue weighted by Crippen LogP contribution is -2.23. The number of nitrogens with zero attached hydrogens (tertiary/aromatic N) is 3. The van der Waals surface area contributed by atoms with Crippen LogP contribution < -0.4 is 5.32 Å². The molecule has 0 aliphatic rings. The van der Waals surface area contributed by atoms with Crippen molar-refractivity contribution in [3.05, 3.63) is 41.2 Å². The van der Waals surface area contributed by atoms with Gasteiger partial charge in [0.05, 0.1) is 6.54 Å². The Morgan fingerprint density at radius 3 is 2.75 bits per heavy atom. The van der Waals surface area contributed by atoms with E-state index in [9.17, 15) is 4.79 Å². The van der Waals surface area contributed by atoms with E-state index < -0.39 is 0 Å². The zero-order valence-electron chi connectivity index (χ0n) is 8.77. The van der Waals surface area contributed by atoms with Crippen molar-refractivity contribution in [1.82, 2.24) is 25.9 Å². The van der Waals surface area contributed by atoms with Crippen LogP contribution in [0, 0.1) is 6.92 Å². The van der Waals surface area contributed by atoms with Gasteiger partial charge in [-0.1, -0.05) is 22.9 Å². The summed E-state index contributed by atoms with van der Waals surface area (Å²) < 4.78 is 0. The van der Waals surface area contributed by atoms with E-state index in [4.69, 9.17) is 0 Å². The van der Waals surface area contributed by atoms with Crippen molar-refractivity contribution >= 4 is 5.91 Å². The van der Waals surface area contributed by atoms with Gasteiger partial charge in [-0.05, 0) is 19.1 Å². The van der Waals surface area contributed by atoms with Crippen molar-refractivity contribution in [3.63, 3.8) is 0 Å². The van der Waals surface area contributed by atoms with Gasteiger partial charge in [0.25, 0.3) is 5.91 Å². The molecule has 0 fully saturated rings. The highest BCUT2D eigenvalue weighted by Crippen LogP contribution is 2.02. The number of rotatable bonds is 3. The average Bonchev–Trinajstić information content (AvgIpc) is 2.80. The lowest BCUT2D eigenvalue weighted by Gasteiger charge is -2.02. The van der Waals surface area contributed by atoms with E-state index in [1.54, 1.807) is 12.1 Å². The Labute approximate surface area is 92.1 Å². The van der Waals surface area contributed by atoms with Crippen LogP contribution in [0.4, 0.5) is 0 Å². The molecule has 0 atom stereocenters. The van der Waals surface area contributed by atoms with Gasteiger partial charge in [-0.25, -0.2) is 0 Å². The number of aryl methyl sites for hydroxylation is 1. The molecule has 1 aromatic carbocycles. The third kappa shape index (κ3) is 2.41. The number of hydrogen-bond donors (Lipinski definition) is 2. The maximum absolute atomic E-state index is 11.7. The van der Waals surface area contributed by atoms with Crippen LogP contribution in [0.5, 0.6) is 0 Å². The van der Waals surface area contributed by atoms with Gasteiger partial charge in [-0.3, -0.25) is 4.79 Å². The molecular formula is C10H11N5O. The molecule has 2 N–H and O–H groups in total. The Hall–Kier alpha value is -2.24. The van der Waals surface area contributed by atoms with Gasteiger partial charge in [-0.15, -0.1) is 10.2 Å². The van der Waals surface area contributed by atoms with Gasteiger partial charge in [-0.2, -0.15) is 5.21 Å². The Bertz CT molecular complexity index is 462. The van der Waals surface area contributed by atoms with E-state index in [-0.39, 0.29) is 12.5 Å². The second-order valence-electron chi connectivity index (χ2n) is 3.38. The minimum atomic E-state index is -0.148. The molecule has 6 heteroatoms. The van der Waals surface area contributed by atoms with Crippen LogP contribution in [0.15, 0.2) is 24.3 Å². The summed E-state index contributed by atoms with van der Waals surface area (Å²) >= 11 is 0. The van der Waals surface area contributed by atoms with E-state index >= 15 is 0 Å². The fourth-order valence-electron chi connectivity index (χ4n) is 1.22. The summed E-state index contributed by atoms with van der Waals surface area (Å²) in [7, 11) is 0. The van der Waals surface area contributed by atoms with Crippen molar-refractivity contribution in [1.29, 1.82) is 0 Å². The lowest BCUT2D eigenvalue weighted by molar-refractivity contribution is 0.0950. The lowest BCUT2D eigenvalue weighted by atomic mass is 10.1. The first-order chi connectivity index (χ1) is 7.75. The van der Waals surface area contributed by atoms with E-state index in [2.05, 4.69) is 25.9 Å². The molecular weight excluding hydrogens is 206 g/mol. The minimum Gasteiger partial charge on any atom is -0.345 e. The van der Waals surface area contributed by atoms with Crippen LogP contribution in [-0.2, 0) is 6.54 Å². The predicted octanol–water partition coefficient (Wildman–Crippen LogP) is 0.438. The molecule has 0 saturated heterocycles. The summed E-state index contributed by atoms with van der Waals surface area (Å²) in [5.41, 5.74) is 1.74. The molecule has 0 spiro atoms. The standard InChI is InChI=1S/C10H11N5O/c1-7-2-4-8(5-3-7)10(16)11-6-9-12-14-15-13-9/h2-5H,6H2,1H3,(H,11,16)(H,12,13,14,15). The molecule has 0 aliphatic carbocycles. The Kier molecular flexibility index (Phi) is 2.90. The number of nitrogens with one attached hydrogen (secondary N) is 2. The van der Waals surface area contributed by atoms with Crippen LogP contribution in [0.25, 0.3) is 0 Å². The molecule has 0 bridgehead atoms. The van der Waals surface area contributed by atoms with Crippen LogP contribution in [0.3, 0.4) is 0 Å². The molecule has 82 valence electrons. The molecule has 1 aromatic heterocycles. The predicted molar refractivity (Wildman–Crippen MR) is 56.5 cm³/mol. The highest BCUT2D eigenvalue weighted by molar-refractivity contribution is 5.94. The third-order valence-electron chi connectivity index (χ3n) is 2.11. The summed E-state index contributed by atoms with van der Waals surface area (Å²) in [5, 5.41) is 15.9. The highest BCUT2D eigenvalue weighted by atomic mass is 16.1. The van der Waals surface area contributed by atoms with E-state index in [1.807, 2.05) is 19.1 Å². The zero-order chi connectivity index (χ0) is 11.4. The van der Waals surface area contributed by atoms with Crippen molar-refractivity contribution < 1.29 is 4.79 Å². The van der Waals surface area contributed by atoms with Gasteiger partial charge < -0.3 is 5.32 Å². The largest absolute Gasteiger partial charge is 0.345 e. The molecule has 6 nitrogen and oxygen atoms in total. The monoisotopic (exact) mass is 217 g/mol. The average molecular weight is 217 g/mol. The van der Waals surface area contributed by atoms with Gasteiger partial charge >= 0.3 is 0 Å². The number of aromatic nitrogens is 4. The number of benzene rings is 1. The molecule has 2 aromatic rings. The molecule has 1 amide bonds. The summed E-state index contributed by atoms with van der Waals surface area (Å²) in [6, 6.07) is 7.34. The molecule has 2 rings (SSSR count). The quantitative estimate of drug-likeness (QED) is 0.781. The van der Waals surface area contributed by atoms with E-state index in [0.717, 1.165) is 5.56 Å². The van der Waals surface area contributed by atoms with Crippen molar-refractivity contribution in [2.24, 2.45) is 0 Å². The number of aromatic amines is 1. The Balaban J connectivity index is 1.95. The smallest absolute Gasteiger partial charge is 0.251 e.